The molecule has 0 unspecified atom stereocenters. The van der Waals surface area contributed by atoms with Crippen LogP contribution in [0, 0.1) is 0 Å². The molecule has 0 atom stereocenters. The van der Waals surface area contributed by atoms with Gasteiger partial charge in [-0.25, -0.2) is 4.79 Å². The standard InChI is InChI=1S/C14H17Cl2N3O/c1-2-6-17-14(20)19-9-7-18(8-10-19)12-5-3-4-11(15)13(12)16/h2-5H,1,6-10H2,(H,17,20). The van der Waals surface area contributed by atoms with Gasteiger partial charge < -0.3 is 15.1 Å². The SMILES string of the molecule is C=CCNC(=O)N1CCN(c2cccc(Cl)c2Cl)CC1. The van der Waals surface area contributed by atoms with Crippen molar-refractivity contribution in [2.24, 2.45) is 0 Å². The fraction of sp³-hybridized carbons (Fsp3) is 0.357. The highest BCUT2D eigenvalue weighted by atomic mass is 35.5. The molecule has 108 valence electrons. The van der Waals surface area contributed by atoms with E-state index in [4.69, 9.17) is 23.2 Å². The second kappa shape index (κ2) is 6.86. The minimum absolute atomic E-state index is 0.0539. The highest BCUT2D eigenvalue weighted by Gasteiger charge is 2.22. The van der Waals surface area contributed by atoms with Crippen LogP contribution in [0.3, 0.4) is 0 Å². The number of urea groups is 1. The lowest BCUT2D eigenvalue weighted by Crippen LogP contribution is -2.52. The van der Waals surface area contributed by atoms with Gasteiger partial charge in [0.15, 0.2) is 0 Å². The Morgan fingerprint density at radius 1 is 1.30 bits per heavy atom. The van der Waals surface area contributed by atoms with E-state index in [0.29, 0.717) is 29.7 Å². The molecule has 1 fully saturated rings. The Morgan fingerprint density at radius 3 is 2.65 bits per heavy atom. The Bertz CT molecular complexity index is 499. The molecular weight excluding hydrogens is 297 g/mol. The lowest BCUT2D eigenvalue weighted by molar-refractivity contribution is 0.195. The number of hydrogen-bond acceptors (Lipinski definition) is 2. The van der Waals surface area contributed by atoms with Crippen LogP contribution in [0.1, 0.15) is 0 Å². The molecule has 20 heavy (non-hydrogen) atoms. The third-order valence-electron chi connectivity index (χ3n) is 3.24. The van der Waals surface area contributed by atoms with Crippen LogP contribution < -0.4 is 10.2 Å². The van der Waals surface area contributed by atoms with Crippen molar-refractivity contribution in [2.75, 3.05) is 37.6 Å². The summed E-state index contributed by atoms with van der Waals surface area (Å²) in [6, 6.07) is 5.54. The molecule has 0 saturated carbocycles. The minimum Gasteiger partial charge on any atom is -0.367 e. The Hall–Kier alpha value is -1.39. The number of anilines is 1. The minimum atomic E-state index is -0.0539. The van der Waals surface area contributed by atoms with Crippen molar-refractivity contribution in [1.82, 2.24) is 10.2 Å². The second-order valence-corrected chi connectivity index (χ2v) is 5.31. The van der Waals surface area contributed by atoms with E-state index < -0.39 is 0 Å². The fourth-order valence-corrected chi connectivity index (χ4v) is 2.57. The van der Waals surface area contributed by atoms with E-state index in [9.17, 15) is 4.79 Å². The van der Waals surface area contributed by atoms with Gasteiger partial charge in [-0.3, -0.25) is 0 Å². The summed E-state index contributed by atoms with van der Waals surface area (Å²) in [5.41, 5.74) is 0.922. The van der Waals surface area contributed by atoms with Gasteiger partial charge in [0.1, 0.15) is 0 Å². The van der Waals surface area contributed by atoms with Gasteiger partial charge in [-0.05, 0) is 12.1 Å². The lowest BCUT2D eigenvalue weighted by Gasteiger charge is -2.36. The van der Waals surface area contributed by atoms with Crippen LogP contribution in [-0.4, -0.2) is 43.7 Å². The smallest absolute Gasteiger partial charge is 0.317 e. The summed E-state index contributed by atoms with van der Waals surface area (Å²) in [6.45, 7) is 6.86. The van der Waals surface area contributed by atoms with Crippen LogP contribution in [0.15, 0.2) is 30.9 Å². The summed E-state index contributed by atoms with van der Waals surface area (Å²) in [6.07, 6.45) is 1.67. The summed E-state index contributed by atoms with van der Waals surface area (Å²) in [5.74, 6) is 0. The molecule has 1 aromatic carbocycles. The van der Waals surface area contributed by atoms with Gasteiger partial charge in [0, 0.05) is 32.7 Å². The first-order valence-electron chi connectivity index (χ1n) is 6.46. The monoisotopic (exact) mass is 313 g/mol. The maximum Gasteiger partial charge on any atom is 0.317 e. The Kier molecular flexibility index (Phi) is 5.15. The maximum absolute atomic E-state index is 11.8. The molecule has 2 rings (SSSR count). The second-order valence-electron chi connectivity index (χ2n) is 4.52. The molecule has 6 heteroatoms. The van der Waals surface area contributed by atoms with Crippen LogP contribution in [-0.2, 0) is 0 Å². The zero-order valence-corrected chi connectivity index (χ0v) is 12.6. The first-order valence-corrected chi connectivity index (χ1v) is 7.21. The molecule has 1 aliphatic heterocycles. The number of rotatable bonds is 3. The number of nitrogens with zero attached hydrogens (tertiary/aromatic N) is 2. The molecule has 0 aromatic heterocycles. The van der Waals surface area contributed by atoms with Gasteiger partial charge in [0.25, 0.3) is 0 Å². The van der Waals surface area contributed by atoms with Crippen molar-refractivity contribution < 1.29 is 4.79 Å². The van der Waals surface area contributed by atoms with Crippen LogP contribution in [0.5, 0.6) is 0 Å². The summed E-state index contributed by atoms with van der Waals surface area (Å²) in [7, 11) is 0. The molecule has 0 spiro atoms. The molecule has 1 saturated heterocycles. The molecule has 0 aliphatic carbocycles. The average molecular weight is 314 g/mol. The number of nitrogens with one attached hydrogen (secondary N) is 1. The zero-order valence-electron chi connectivity index (χ0n) is 11.1. The van der Waals surface area contributed by atoms with Gasteiger partial charge in [0.2, 0.25) is 0 Å². The Morgan fingerprint density at radius 2 is 2.00 bits per heavy atom. The Balaban J connectivity index is 1.96. The molecule has 4 nitrogen and oxygen atoms in total. The molecule has 2 amide bonds. The van der Waals surface area contributed by atoms with Crippen molar-refractivity contribution in [3.8, 4) is 0 Å². The zero-order chi connectivity index (χ0) is 14.5. The summed E-state index contributed by atoms with van der Waals surface area (Å²) in [4.78, 5) is 15.8. The number of carbonyl (C=O) groups is 1. The molecule has 1 aromatic rings. The van der Waals surface area contributed by atoms with Crippen LogP contribution in [0.25, 0.3) is 0 Å². The number of halogens is 2. The molecule has 1 aliphatic rings. The third kappa shape index (κ3) is 3.38. The number of hydrogen-bond donors (Lipinski definition) is 1. The molecule has 0 radical (unpaired) electrons. The average Bonchev–Trinajstić information content (AvgIpc) is 2.48. The van der Waals surface area contributed by atoms with Crippen molar-refractivity contribution in [3.05, 3.63) is 40.9 Å². The first-order chi connectivity index (χ1) is 9.63. The number of carbonyl (C=O) groups excluding carboxylic acids is 1. The number of benzene rings is 1. The van der Waals surface area contributed by atoms with Crippen LogP contribution >= 0.6 is 23.2 Å². The van der Waals surface area contributed by atoms with Gasteiger partial charge in [0.05, 0.1) is 15.7 Å². The molecule has 0 bridgehead atoms. The molecular formula is C14H17Cl2N3O. The van der Waals surface area contributed by atoms with E-state index >= 15 is 0 Å². The van der Waals surface area contributed by atoms with E-state index in [1.807, 2.05) is 12.1 Å². The van der Waals surface area contributed by atoms with E-state index in [1.165, 1.54) is 0 Å². The maximum atomic E-state index is 11.8. The molecule has 1 N–H and O–H groups in total. The molecule has 1 heterocycles. The highest BCUT2D eigenvalue weighted by Crippen LogP contribution is 2.32. The van der Waals surface area contributed by atoms with Crippen molar-refractivity contribution in [2.45, 2.75) is 0 Å². The number of amides is 2. The lowest BCUT2D eigenvalue weighted by atomic mass is 10.2. The van der Waals surface area contributed by atoms with Crippen molar-refractivity contribution in [3.63, 3.8) is 0 Å². The van der Waals surface area contributed by atoms with Crippen molar-refractivity contribution in [1.29, 1.82) is 0 Å². The van der Waals surface area contributed by atoms with E-state index in [2.05, 4.69) is 16.8 Å². The number of piperazine rings is 1. The van der Waals surface area contributed by atoms with Gasteiger partial charge in [-0.1, -0.05) is 35.3 Å². The normalized spacial score (nSPS) is 15.1. The van der Waals surface area contributed by atoms with Crippen LogP contribution in [0.2, 0.25) is 10.0 Å². The van der Waals surface area contributed by atoms with Crippen molar-refractivity contribution >= 4 is 34.9 Å². The topological polar surface area (TPSA) is 35.6 Å². The largest absolute Gasteiger partial charge is 0.367 e. The van der Waals surface area contributed by atoms with E-state index in [0.717, 1.165) is 18.8 Å². The summed E-state index contributed by atoms with van der Waals surface area (Å²) in [5, 5.41) is 3.90. The fourth-order valence-electron chi connectivity index (χ4n) is 2.16. The van der Waals surface area contributed by atoms with Crippen LogP contribution in [0.4, 0.5) is 10.5 Å². The Labute approximate surface area is 128 Å². The summed E-state index contributed by atoms with van der Waals surface area (Å²) >= 11 is 12.2. The van der Waals surface area contributed by atoms with Gasteiger partial charge in [-0.15, -0.1) is 6.58 Å². The summed E-state index contributed by atoms with van der Waals surface area (Å²) < 4.78 is 0. The van der Waals surface area contributed by atoms with Gasteiger partial charge >= 0.3 is 6.03 Å². The third-order valence-corrected chi connectivity index (χ3v) is 4.05. The highest BCUT2D eigenvalue weighted by molar-refractivity contribution is 6.43. The quantitative estimate of drug-likeness (QED) is 0.871. The van der Waals surface area contributed by atoms with E-state index in [-0.39, 0.29) is 6.03 Å². The predicted octanol–water partition coefficient (Wildman–Crippen LogP) is 3.01. The van der Waals surface area contributed by atoms with Gasteiger partial charge in [-0.2, -0.15) is 0 Å². The predicted molar refractivity (Wildman–Crippen MR) is 83.8 cm³/mol. The first kappa shape index (κ1) is 15.0. The van der Waals surface area contributed by atoms with E-state index in [1.54, 1.807) is 17.0 Å².